The lowest BCUT2D eigenvalue weighted by molar-refractivity contribution is -0.126. The zero-order valence-electron chi connectivity index (χ0n) is 16.6. The number of carbonyl (C=O) groups excluding carboxylic acids is 2. The number of hydrazone groups is 1. The summed E-state index contributed by atoms with van der Waals surface area (Å²) < 4.78 is 11.9. The summed E-state index contributed by atoms with van der Waals surface area (Å²) in [4.78, 5) is 23.9. The van der Waals surface area contributed by atoms with E-state index in [0.29, 0.717) is 36.0 Å². The van der Waals surface area contributed by atoms with Gasteiger partial charge < -0.3 is 14.8 Å². The zero-order valence-corrected chi connectivity index (χ0v) is 18.2. The van der Waals surface area contributed by atoms with Crippen LogP contribution in [0.3, 0.4) is 0 Å². The van der Waals surface area contributed by atoms with Crippen LogP contribution in [0.25, 0.3) is 0 Å². The third-order valence-electron chi connectivity index (χ3n) is 3.68. The van der Waals surface area contributed by atoms with Crippen molar-refractivity contribution in [3.63, 3.8) is 0 Å². The van der Waals surface area contributed by atoms with E-state index in [0.717, 1.165) is 10.0 Å². The third kappa shape index (κ3) is 7.23. The maximum absolute atomic E-state index is 11.9. The van der Waals surface area contributed by atoms with Crippen molar-refractivity contribution in [2.24, 2.45) is 5.10 Å². The first-order valence-corrected chi connectivity index (χ1v) is 9.99. The van der Waals surface area contributed by atoms with Gasteiger partial charge in [0.15, 0.2) is 11.5 Å². The second-order valence-electron chi connectivity index (χ2n) is 6.08. The minimum atomic E-state index is -0.513. The van der Waals surface area contributed by atoms with E-state index in [4.69, 9.17) is 9.47 Å². The number of nitrogens with one attached hydrogen (secondary N) is 2. The molecular formula is C21H24BrN3O4. The van der Waals surface area contributed by atoms with Crippen LogP contribution in [-0.2, 0) is 9.59 Å². The number of hydrogen-bond acceptors (Lipinski definition) is 5. The highest BCUT2D eigenvalue weighted by Crippen LogP contribution is 2.36. The molecule has 2 N–H and O–H groups in total. The summed E-state index contributed by atoms with van der Waals surface area (Å²) >= 11 is 3.45. The SMILES string of the molecule is CCOc1cc(C=NNC(=O)CC(=O)Nc2ccc(C)cc2)cc(Br)c1OCC. The molecule has 0 radical (unpaired) electrons. The lowest BCUT2D eigenvalue weighted by Gasteiger charge is -2.13. The van der Waals surface area contributed by atoms with Gasteiger partial charge in [0.25, 0.3) is 0 Å². The Bertz CT molecular complexity index is 882. The van der Waals surface area contributed by atoms with Gasteiger partial charge in [-0.2, -0.15) is 5.10 Å². The van der Waals surface area contributed by atoms with E-state index in [1.165, 1.54) is 6.21 Å². The van der Waals surface area contributed by atoms with Crippen molar-refractivity contribution in [3.8, 4) is 11.5 Å². The molecule has 0 heterocycles. The van der Waals surface area contributed by atoms with Gasteiger partial charge in [0.05, 0.1) is 23.9 Å². The molecule has 2 aromatic rings. The Labute approximate surface area is 178 Å². The monoisotopic (exact) mass is 461 g/mol. The van der Waals surface area contributed by atoms with Crippen molar-refractivity contribution < 1.29 is 19.1 Å². The molecule has 0 aliphatic heterocycles. The Balaban J connectivity index is 1.93. The van der Waals surface area contributed by atoms with Crippen molar-refractivity contribution in [1.29, 1.82) is 0 Å². The van der Waals surface area contributed by atoms with E-state index in [2.05, 4.69) is 31.8 Å². The first-order chi connectivity index (χ1) is 13.9. The molecule has 0 atom stereocenters. The number of anilines is 1. The maximum Gasteiger partial charge on any atom is 0.249 e. The van der Waals surface area contributed by atoms with Crippen LogP contribution >= 0.6 is 15.9 Å². The van der Waals surface area contributed by atoms with Crippen LogP contribution in [0.2, 0.25) is 0 Å². The van der Waals surface area contributed by atoms with E-state index in [-0.39, 0.29) is 6.42 Å². The molecule has 7 nitrogen and oxygen atoms in total. The van der Waals surface area contributed by atoms with E-state index < -0.39 is 11.8 Å². The van der Waals surface area contributed by atoms with Gasteiger partial charge in [0.1, 0.15) is 6.42 Å². The Morgan fingerprint density at radius 1 is 1.07 bits per heavy atom. The van der Waals surface area contributed by atoms with Crippen molar-refractivity contribution in [3.05, 3.63) is 52.0 Å². The smallest absolute Gasteiger partial charge is 0.249 e. The average molecular weight is 462 g/mol. The Kier molecular flexibility index (Phi) is 8.67. The second kappa shape index (κ2) is 11.2. The zero-order chi connectivity index (χ0) is 21.2. The highest BCUT2D eigenvalue weighted by atomic mass is 79.9. The van der Waals surface area contributed by atoms with Crippen LogP contribution in [0.1, 0.15) is 31.4 Å². The molecule has 0 aromatic heterocycles. The molecule has 29 heavy (non-hydrogen) atoms. The summed E-state index contributed by atoms with van der Waals surface area (Å²) in [7, 11) is 0. The molecular weight excluding hydrogens is 438 g/mol. The fraction of sp³-hybridized carbons (Fsp3) is 0.286. The number of amides is 2. The fourth-order valence-corrected chi connectivity index (χ4v) is 2.99. The lowest BCUT2D eigenvalue weighted by atomic mass is 10.2. The molecule has 2 amide bonds. The Hall–Kier alpha value is -2.87. The average Bonchev–Trinajstić information content (AvgIpc) is 2.66. The topological polar surface area (TPSA) is 89.0 Å². The molecule has 0 saturated heterocycles. The van der Waals surface area contributed by atoms with Crippen molar-refractivity contribution >= 4 is 39.6 Å². The summed E-state index contributed by atoms with van der Waals surface area (Å²) in [6.07, 6.45) is 1.14. The van der Waals surface area contributed by atoms with Gasteiger partial charge in [-0.05, 0) is 66.5 Å². The third-order valence-corrected chi connectivity index (χ3v) is 4.27. The number of rotatable bonds is 9. The number of halogens is 1. The van der Waals surface area contributed by atoms with Crippen LogP contribution < -0.4 is 20.2 Å². The minimum absolute atomic E-state index is 0.331. The Morgan fingerprint density at radius 3 is 2.41 bits per heavy atom. The minimum Gasteiger partial charge on any atom is -0.490 e. The lowest BCUT2D eigenvalue weighted by Crippen LogP contribution is -2.24. The predicted octanol–water partition coefficient (Wildman–Crippen LogP) is 4.03. The number of hydrogen-bond donors (Lipinski definition) is 2. The fourth-order valence-electron chi connectivity index (χ4n) is 2.42. The molecule has 0 fully saturated rings. The molecule has 0 bridgehead atoms. The van der Waals surface area contributed by atoms with Crippen LogP contribution in [0.5, 0.6) is 11.5 Å². The van der Waals surface area contributed by atoms with Gasteiger partial charge >= 0.3 is 0 Å². The Morgan fingerprint density at radius 2 is 1.76 bits per heavy atom. The second-order valence-corrected chi connectivity index (χ2v) is 6.93. The van der Waals surface area contributed by atoms with Crippen molar-refractivity contribution in [2.75, 3.05) is 18.5 Å². The molecule has 0 aliphatic carbocycles. The first kappa shape index (κ1) is 22.4. The highest BCUT2D eigenvalue weighted by molar-refractivity contribution is 9.10. The molecule has 0 aliphatic rings. The molecule has 8 heteroatoms. The highest BCUT2D eigenvalue weighted by Gasteiger charge is 2.12. The van der Waals surface area contributed by atoms with E-state index in [1.807, 2.05) is 32.9 Å². The van der Waals surface area contributed by atoms with Gasteiger partial charge in [-0.1, -0.05) is 17.7 Å². The number of benzene rings is 2. The summed E-state index contributed by atoms with van der Waals surface area (Å²) in [5.74, 6) is 0.266. The molecule has 154 valence electrons. The maximum atomic E-state index is 11.9. The normalized spacial score (nSPS) is 10.6. The van der Waals surface area contributed by atoms with Crippen LogP contribution in [-0.4, -0.2) is 31.2 Å². The number of nitrogens with zero attached hydrogens (tertiary/aromatic N) is 1. The first-order valence-electron chi connectivity index (χ1n) is 9.20. The molecule has 2 aromatic carbocycles. The van der Waals surface area contributed by atoms with Crippen LogP contribution in [0, 0.1) is 6.92 Å². The van der Waals surface area contributed by atoms with Crippen LogP contribution in [0.4, 0.5) is 5.69 Å². The van der Waals surface area contributed by atoms with Gasteiger partial charge in [-0.25, -0.2) is 5.43 Å². The van der Waals surface area contributed by atoms with E-state index >= 15 is 0 Å². The van der Waals surface area contributed by atoms with Crippen molar-refractivity contribution in [1.82, 2.24) is 5.43 Å². The van der Waals surface area contributed by atoms with Gasteiger partial charge in [-0.3, -0.25) is 9.59 Å². The van der Waals surface area contributed by atoms with Gasteiger partial charge in [0, 0.05) is 5.69 Å². The number of ether oxygens (including phenoxy) is 2. The largest absolute Gasteiger partial charge is 0.490 e. The molecule has 0 unspecified atom stereocenters. The van der Waals surface area contributed by atoms with Gasteiger partial charge in [-0.15, -0.1) is 0 Å². The van der Waals surface area contributed by atoms with Gasteiger partial charge in [0.2, 0.25) is 11.8 Å². The summed E-state index contributed by atoms with van der Waals surface area (Å²) in [6, 6.07) is 10.9. The summed E-state index contributed by atoms with van der Waals surface area (Å²) in [6.45, 7) is 6.72. The number of aryl methyl sites for hydroxylation is 1. The predicted molar refractivity (Wildman–Crippen MR) is 117 cm³/mol. The summed E-state index contributed by atoms with van der Waals surface area (Å²) in [5, 5.41) is 6.58. The van der Waals surface area contributed by atoms with E-state index in [1.54, 1.807) is 24.3 Å². The quantitative estimate of drug-likeness (QED) is 0.335. The van der Waals surface area contributed by atoms with Crippen LogP contribution in [0.15, 0.2) is 46.0 Å². The molecule has 2 rings (SSSR count). The van der Waals surface area contributed by atoms with Crippen molar-refractivity contribution in [2.45, 2.75) is 27.2 Å². The molecule has 0 saturated carbocycles. The molecule has 0 spiro atoms. The van der Waals surface area contributed by atoms with E-state index in [9.17, 15) is 9.59 Å². The number of carbonyl (C=O) groups is 2. The standard InChI is InChI=1S/C21H24BrN3O4/c1-4-28-18-11-15(10-17(22)21(18)29-5-2)13-23-25-20(27)12-19(26)24-16-8-6-14(3)7-9-16/h6-11,13H,4-5,12H2,1-3H3,(H,24,26)(H,25,27). The summed E-state index contributed by atoms with van der Waals surface area (Å²) in [5.41, 5.74) is 4.78.